The van der Waals surface area contributed by atoms with Gasteiger partial charge < -0.3 is 33.5 Å². The van der Waals surface area contributed by atoms with Gasteiger partial charge in [0.2, 0.25) is 11.5 Å². The molecule has 1 heterocycles. The van der Waals surface area contributed by atoms with Gasteiger partial charge in [-0.1, -0.05) is 12.1 Å². The highest BCUT2D eigenvalue weighted by atomic mass is 35.5. The summed E-state index contributed by atoms with van der Waals surface area (Å²) in [7, 11) is 1.63. The molecule has 22 heavy (non-hydrogen) atoms. The highest BCUT2D eigenvalue weighted by Gasteiger charge is 2.14. The summed E-state index contributed by atoms with van der Waals surface area (Å²) in [5, 5.41) is 12.6. The number of anilines is 1. The molecule has 120 valence electrons. The van der Waals surface area contributed by atoms with Gasteiger partial charge in [-0.25, -0.2) is 4.63 Å². The van der Waals surface area contributed by atoms with Crippen molar-refractivity contribution in [1.29, 1.82) is 0 Å². The molecule has 4 N–H and O–H groups in total. The van der Waals surface area contributed by atoms with Crippen LogP contribution in [0, 0.1) is 0 Å². The lowest BCUT2D eigenvalue weighted by molar-refractivity contribution is -0.0000136. The number of methoxy groups -OCH3 is 1. The first-order chi connectivity index (χ1) is 10.2. The molecule has 1 amide bonds. The van der Waals surface area contributed by atoms with E-state index in [1.807, 2.05) is 24.3 Å². The summed E-state index contributed by atoms with van der Waals surface area (Å²) in [6.45, 7) is 1.73. The third-order valence-corrected chi connectivity index (χ3v) is 2.78. The molecular formula is C13H17ClN5O3-. The van der Waals surface area contributed by atoms with Crippen LogP contribution in [0.4, 0.5) is 5.82 Å². The first kappa shape index (κ1) is 17.7. The highest BCUT2D eigenvalue weighted by molar-refractivity contribution is 5.95. The van der Waals surface area contributed by atoms with E-state index in [9.17, 15) is 4.79 Å². The molecule has 0 spiro atoms. The average molecular weight is 327 g/mol. The Morgan fingerprint density at radius 2 is 2.18 bits per heavy atom. The molecule has 0 unspecified atom stereocenters. The molecule has 8 nitrogen and oxygen atoms in total. The van der Waals surface area contributed by atoms with Crippen LogP contribution in [0.2, 0.25) is 0 Å². The van der Waals surface area contributed by atoms with E-state index in [4.69, 9.17) is 10.5 Å². The molecular weight excluding hydrogens is 310 g/mol. The zero-order valence-electron chi connectivity index (χ0n) is 12.0. The first-order valence-electron chi connectivity index (χ1n) is 6.40. The molecule has 2 rings (SSSR count). The van der Waals surface area contributed by atoms with E-state index >= 15 is 0 Å². The number of hydrogen-bond acceptors (Lipinski definition) is 7. The van der Waals surface area contributed by atoms with Crippen LogP contribution in [0.3, 0.4) is 0 Å². The van der Waals surface area contributed by atoms with Gasteiger partial charge in [-0.05, 0) is 28.0 Å². The van der Waals surface area contributed by atoms with Crippen molar-refractivity contribution in [2.45, 2.75) is 6.54 Å². The lowest BCUT2D eigenvalue weighted by atomic mass is 10.2. The molecule has 0 atom stereocenters. The number of aromatic nitrogens is 2. The van der Waals surface area contributed by atoms with Crippen molar-refractivity contribution in [1.82, 2.24) is 20.9 Å². The minimum Gasteiger partial charge on any atom is -1.00 e. The second kappa shape index (κ2) is 8.85. The van der Waals surface area contributed by atoms with Crippen LogP contribution < -0.4 is 33.5 Å². The van der Waals surface area contributed by atoms with E-state index in [1.54, 1.807) is 7.11 Å². The number of nitrogens with zero attached hydrogens (tertiary/aromatic N) is 2. The van der Waals surface area contributed by atoms with Gasteiger partial charge in [-0.15, -0.1) is 0 Å². The van der Waals surface area contributed by atoms with E-state index in [-0.39, 0.29) is 23.9 Å². The maximum atomic E-state index is 11.6. The number of nitrogens with one attached hydrogen (secondary N) is 2. The maximum absolute atomic E-state index is 11.6. The molecule has 0 aliphatic rings. The molecule has 0 radical (unpaired) electrons. The fourth-order valence-corrected chi connectivity index (χ4v) is 1.72. The Morgan fingerprint density at radius 1 is 1.36 bits per heavy atom. The molecule has 0 aliphatic carbocycles. The quantitative estimate of drug-likeness (QED) is 0.470. The van der Waals surface area contributed by atoms with Gasteiger partial charge in [0.25, 0.3) is 5.91 Å². The van der Waals surface area contributed by atoms with Crippen molar-refractivity contribution in [3.05, 3.63) is 35.5 Å². The normalized spacial score (nSPS) is 9.86. The summed E-state index contributed by atoms with van der Waals surface area (Å²) in [4.78, 5) is 11.6. The number of benzene rings is 1. The minimum absolute atomic E-state index is 0. The van der Waals surface area contributed by atoms with Crippen molar-refractivity contribution >= 4 is 11.7 Å². The number of halogens is 1. The van der Waals surface area contributed by atoms with Gasteiger partial charge >= 0.3 is 0 Å². The lowest BCUT2D eigenvalue weighted by Crippen LogP contribution is -3.00. The van der Waals surface area contributed by atoms with Crippen LogP contribution in [0.5, 0.6) is 5.75 Å². The molecule has 0 bridgehead atoms. The number of hydrogen-bond donors (Lipinski definition) is 3. The molecule has 0 saturated heterocycles. The second-order valence-corrected chi connectivity index (χ2v) is 4.28. The molecule has 1 aromatic heterocycles. The largest absolute Gasteiger partial charge is 1.00 e. The summed E-state index contributed by atoms with van der Waals surface area (Å²) in [6, 6.07) is 7.77. The summed E-state index contributed by atoms with van der Waals surface area (Å²) in [5.74, 6) is 0.394. The third-order valence-electron chi connectivity index (χ3n) is 2.78. The summed E-state index contributed by atoms with van der Waals surface area (Å²) in [5.41, 5.74) is 6.52. The molecule has 9 heteroatoms. The molecule has 1 aromatic carbocycles. The zero-order valence-corrected chi connectivity index (χ0v) is 12.8. The fraction of sp³-hybridized carbons (Fsp3) is 0.308. The Hall–Kier alpha value is -2.32. The van der Waals surface area contributed by atoms with Gasteiger partial charge in [0, 0.05) is 19.6 Å². The molecule has 2 aromatic rings. The fourth-order valence-electron chi connectivity index (χ4n) is 1.72. The Bertz CT molecular complexity index is 605. The molecule has 0 fully saturated rings. The first-order valence-corrected chi connectivity index (χ1v) is 6.40. The maximum Gasteiger partial charge on any atom is 0.277 e. The van der Waals surface area contributed by atoms with Gasteiger partial charge in [-0.2, -0.15) is 0 Å². The number of nitrogen functional groups attached to an aromatic ring is 1. The van der Waals surface area contributed by atoms with E-state index in [0.717, 1.165) is 11.3 Å². The number of amides is 1. The smallest absolute Gasteiger partial charge is 0.277 e. The van der Waals surface area contributed by atoms with Crippen LogP contribution >= 0.6 is 0 Å². The number of carbonyl (C=O) groups excluding carboxylic acids is 1. The standard InChI is InChI=1S/C13H17N5O3.ClH/c1-20-10-4-2-3-9(7-10)8-15-5-6-16-13(19)11-12(14)18-21-17-11;/h2-4,7,15H,5-6,8H2,1H3,(H2,14,18)(H,16,19);1H/p-1. The van der Waals surface area contributed by atoms with E-state index in [1.165, 1.54) is 0 Å². The van der Waals surface area contributed by atoms with E-state index in [0.29, 0.717) is 19.6 Å². The van der Waals surface area contributed by atoms with E-state index < -0.39 is 5.91 Å². The Morgan fingerprint density at radius 3 is 2.86 bits per heavy atom. The summed E-state index contributed by atoms with van der Waals surface area (Å²) >= 11 is 0. The van der Waals surface area contributed by atoms with Crippen LogP contribution in [0.25, 0.3) is 0 Å². The van der Waals surface area contributed by atoms with Crippen LogP contribution in [-0.2, 0) is 6.54 Å². The number of carbonyl (C=O) groups is 1. The molecule has 0 saturated carbocycles. The number of rotatable bonds is 7. The number of nitrogens with two attached hydrogens (primary N) is 1. The second-order valence-electron chi connectivity index (χ2n) is 4.28. The minimum atomic E-state index is -0.406. The average Bonchev–Trinajstić information content (AvgIpc) is 2.93. The Kier molecular flexibility index (Phi) is 7.14. The van der Waals surface area contributed by atoms with Crippen molar-refractivity contribution in [3.8, 4) is 5.75 Å². The number of ether oxygens (including phenoxy) is 1. The highest BCUT2D eigenvalue weighted by Crippen LogP contribution is 2.11. The SMILES string of the molecule is COc1cccc(CNCCNC(=O)c2nonc2N)c1.[Cl-]. The Labute approximate surface area is 133 Å². The third kappa shape index (κ3) is 4.90. The zero-order chi connectivity index (χ0) is 15.1. The van der Waals surface area contributed by atoms with E-state index in [2.05, 4.69) is 25.6 Å². The van der Waals surface area contributed by atoms with Gasteiger partial charge in [0.15, 0.2) is 0 Å². The predicted octanol–water partition coefficient (Wildman–Crippen LogP) is -2.82. The Balaban J connectivity index is 0.00000242. The lowest BCUT2D eigenvalue weighted by Gasteiger charge is -2.07. The van der Waals surface area contributed by atoms with Gasteiger partial charge in [0.05, 0.1) is 7.11 Å². The van der Waals surface area contributed by atoms with Crippen LogP contribution in [0.1, 0.15) is 16.1 Å². The van der Waals surface area contributed by atoms with Gasteiger partial charge in [-0.3, -0.25) is 4.79 Å². The van der Waals surface area contributed by atoms with Crippen molar-refractivity contribution in [2.75, 3.05) is 25.9 Å². The van der Waals surface area contributed by atoms with Crippen molar-refractivity contribution in [3.63, 3.8) is 0 Å². The summed E-state index contributed by atoms with van der Waals surface area (Å²) in [6.07, 6.45) is 0. The topological polar surface area (TPSA) is 115 Å². The molecule has 0 aliphatic heterocycles. The van der Waals surface area contributed by atoms with Crippen LogP contribution in [-0.4, -0.2) is 36.4 Å². The van der Waals surface area contributed by atoms with Gasteiger partial charge in [0.1, 0.15) is 5.75 Å². The summed E-state index contributed by atoms with van der Waals surface area (Å²) < 4.78 is 9.51. The van der Waals surface area contributed by atoms with Crippen LogP contribution in [0.15, 0.2) is 28.9 Å². The monoisotopic (exact) mass is 326 g/mol. The van der Waals surface area contributed by atoms with Crippen molar-refractivity contribution < 1.29 is 26.6 Å². The predicted molar refractivity (Wildman–Crippen MR) is 75.7 cm³/mol. The van der Waals surface area contributed by atoms with Crippen molar-refractivity contribution in [2.24, 2.45) is 0 Å².